The van der Waals surface area contributed by atoms with Gasteiger partial charge < -0.3 is 15.5 Å². The van der Waals surface area contributed by atoms with E-state index in [1.807, 2.05) is 24.4 Å². The van der Waals surface area contributed by atoms with E-state index in [2.05, 4.69) is 25.7 Å². The number of hydrogen-bond acceptors (Lipinski definition) is 5. The molecule has 2 heterocycles. The van der Waals surface area contributed by atoms with Gasteiger partial charge in [0.1, 0.15) is 0 Å². The van der Waals surface area contributed by atoms with E-state index < -0.39 is 11.9 Å². The highest BCUT2D eigenvalue weighted by molar-refractivity contribution is 14.0. The molecule has 146 valence electrons. The van der Waals surface area contributed by atoms with Crippen LogP contribution in [0.4, 0.5) is 18.3 Å². The van der Waals surface area contributed by atoms with Crippen molar-refractivity contribution < 1.29 is 13.2 Å². The molecule has 0 unspecified atom stereocenters. The van der Waals surface area contributed by atoms with Crippen molar-refractivity contribution >= 4 is 46.4 Å². The number of aryl methyl sites for hydroxylation is 1. The van der Waals surface area contributed by atoms with E-state index in [4.69, 9.17) is 0 Å². The van der Waals surface area contributed by atoms with Crippen LogP contribution >= 0.6 is 35.3 Å². The third-order valence-electron chi connectivity index (χ3n) is 3.20. The monoisotopic (exact) mass is 503 g/mol. The topological polar surface area (TPSA) is 70.4 Å². The Morgan fingerprint density at radius 2 is 1.96 bits per heavy atom. The predicted molar refractivity (Wildman–Crippen MR) is 107 cm³/mol. The zero-order valence-corrected chi connectivity index (χ0v) is 17.9. The number of nitrogens with zero attached hydrogens (tertiary/aromatic N) is 5. The number of alkyl halides is 3. The molecular weight excluding hydrogens is 482 g/mol. The van der Waals surface area contributed by atoms with Crippen LogP contribution in [0.25, 0.3) is 0 Å². The number of thiazole rings is 1. The van der Waals surface area contributed by atoms with E-state index in [1.54, 1.807) is 7.05 Å². The van der Waals surface area contributed by atoms with Gasteiger partial charge in [-0.3, -0.25) is 9.67 Å². The molecule has 0 amide bonds. The van der Waals surface area contributed by atoms with E-state index in [1.165, 1.54) is 24.6 Å². The fourth-order valence-electron chi connectivity index (χ4n) is 2.06. The summed E-state index contributed by atoms with van der Waals surface area (Å²) >= 11 is 1.51. The Balaban J connectivity index is 0.00000338. The van der Waals surface area contributed by atoms with Gasteiger partial charge in [0.15, 0.2) is 16.8 Å². The molecule has 0 aliphatic heterocycles. The first-order valence-electron chi connectivity index (χ1n) is 7.36. The maximum absolute atomic E-state index is 12.9. The third-order valence-corrected chi connectivity index (χ3v) is 4.26. The summed E-state index contributed by atoms with van der Waals surface area (Å²) in [7, 11) is 6.82. The second-order valence-corrected chi connectivity index (χ2v) is 6.31. The van der Waals surface area contributed by atoms with Gasteiger partial charge in [0.25, 0.3) is 0 Å². The van der Waals surface area contributed by atoms with Crippen LogP contribution in [0.3, 0.4) is 0 Å². The van der Waals surface area contributed by atoms with Gasteiger partial charge in [-0.15, -0.1) is 35.3 Å². The summed E-state index contributed by atoms with van der Waals surface area (Å²) in [6.07, 6.45) is -3.15. The average Bonchev–Trinajstić information content (AvgIpc) is 3.13. The predicted octanol–water partition coefficient (Wildman–Crippen LogP) is 2.44. The highest BCUT2D eigenvalue weighted by Gasteiger charge is 2.36. The van der Waals surface area contributed by atoms with E-state index in [0.29, 0.717) is 12.5 Å². The molecular formula is C14H21F3IN7S. The third kappa shape index (κ3) is 6.00. The van der Waals surface area contributed by atoms with Crippen LogP contribution in [0.1, 0.15) is 17.0 Å². The van der Waals surface area contributed by atoms with Crippen molar-refractivity contribution in [1.82, 2.24) is 25.4 Å². The highest BCUT2D eigenvalue weighted by Crippen LogP contribution is 2.30. The molecule has 0 atom stereocenters. The van der Waals surface area contributed by atoms with Crippen molar-refractivity contribution in [2.75, 3.05) is 26.0 Å². The SMILES string of the molecule is CN=C(NCc1csc(N(C)C)n1)NCc1cn(C)nc1C(F)(F)F.I. The van der Waals surface area contributed by atoms with Crippen LogP contribution in [0.15, 0.2) is 16.6 Å². The number of halogens is 4. The Kier molecular flexibility index (Phi) is 8.12. The van der Waals surface area contributed by atoms with E-state index >= 15 is 0 Å². The standard InChI is InChI=1S/C14H20F3N7S.HI/c1-18-12(20-6-10-8-25-13(21-10)23(2)3)19-5-9-7-24(4)22-11(9)14(15,16)17;/h7-8H,5-6H2,1-4H3,(H2,18,19,20);1H. The first kappa shape index (κ1) is 22.5. The van der Waals surface area contributed by atoms with Crippen LogP contribution in [-0.2, 0) is 26.3 Å². The minimum absolute atomic E-state index is 0. The van der Waals surface area contributed by atoms with E-state index in [-0.39, 0.29) is 36.1 Å². The molecule has 0 aromatic carbocycles. The van der Waals surface area contributed by atoms with Crippen LogP contribution < -0.4 is 15.5 Å². The first-order chi connectivity index (χ1) is 11.7. The Hall–Kier alpha value is -1.57. The summed E-state index contributed by atoms with van der Waals surface area (Å²) in [6.45, 7) is 0.381. The Morgan fingerprint density at radius 3 is 2.50 bits per heavy atom. The average molecular weight is 503 g/mol. The Morgan fingerprint density at radius 1 is 1.31 bits per heavy atom. The number of nitrogens with one attached hydrogen (secondary N) is 2. The zero-order valence-electron chi connectivity index (χ0n) is 14.8. The van der Waals surface area contributed by atoms with Crippen molar-refractivity contribution in [2.45, 2.75) is 19.3 Å². The van der Waals surface area contributed by atoms with Crippen molar-refractivity contribution in [3.8, 4) is 0 Å². The fourth-order valence-corrected chi connectivity index (χ4v) is 2.82. The maximum Gasteiger partial charge on any atom is 0.435 e. The second kappa shape index (κ2) is 9.39. The van der Waals surface area contributed by atoms with Crippen molar-refractivity contribution in [2.24, 2.45) is 12.0 Å². The molecule has 2 aromatic heterocycles. The Labute approximate surface area is 170 Å². The van der Waals surface area contributed by atoms with Crippen molar-refractivity contribution in [3.05, 3.63) is 28.5 Å². The molecule has 0 spiro atoms. The van der Waals surface area contributed by atoms with Gasteiger partial charge in [0.2, 0.25) is 0 Å². The fraction of sp³-hybridized carbons (Fsp3) is 0.500. The number of hydrogen-bond donors (Lipinski definition) is 2. The molecule has 0 fully saturated rings. The van der Waals surface area contributed by atoms with Gasteiger partial charge in [-0.25, -0.2) is 4.98 Å². The molecule has 2 rings (SSSR count). The van der Waals surface area contributed by atoms with Gasteiger partial charge >= 0.3 is 6.18 Å². The van der Waals surface area contributed by atoms with Gasteiger partial charge in [-0.05, 0) is 0 Å². The molecule has 2 N–H and O–H groups in total. The lowest BCUT2D eigenvalue weighted by Gasteiger charge is -2.12. The maximum atomic E-state index is 12.9. The highest BCUT2D eigenvalue weighted by atomic mass is 127. The number of anilines is 1. The minimum atomic E-state index is -4.49. The van der Waals surface area contributed by atoms with E-state index in [0.717, 1.165) is 15.5 Å². The molecule has 2 aromatic rings. The van der Waals surface area contributed by atoms with Gasteiger partial charge in [-0.2, -0.15) is 18.3 Å². The van der Waals surface area contributed by atoms with Crippen LogP contribution in [0, 0.1) is 0 Å². The van der Waals surface area contributed by atoms with Crippen LogP contribution in [-0.4, -0.2) is 41.9 Å². The lowest BCUT2D eigenvalue weighted by Crippen LogP contribution is -2.36. The molecule has 0 saturated heterocycles. The lowest BCUT2D eigenvalue weighted by atomic mass is 10.2. The summed E-state index contributed by atoms with van der Waals surface area (Å²) in [4.78, 5) is 10.3. The summed E-state index contributed by atoms with van der Waals surface area (Å²) in [5.41, 5.74) is -0.0106. The number of aromatic nitrogens is 3. The summed E-state index contributed by atoms with van der Waals surface area (Å²) < 4.78 is 40.0. The minimum Gasteiger partial charge on any atom is -0.354 e. The summed E-state index contributed by atoms with van der Waals surface area (Å²) in [6, 6.07) is 0. The van der Waals surface area contributed by atoms with Gasteiger partial charge in [0.05, 0.1) is 12.2 Å². The Bertz CT molecular complexity index is 739. The first-order valence-corrected chi connectivity index (χ1v) is 8.24. The van der Waals surface area contributed by atoms with E-state index in [9.17, 15) is 13.2 Å². The number of aliphatic imine (C=N–C) groups is 1. The van der Waals surface area contributed by atoms with Crippen molar-refractivity contribution in [1.29, 1.82) is 0 Å². The van der Waals surface area contributed by atoms with Crippen LogP contribution in [0.5, 0.6) is 0 Å². The molecule has 12 heteroatoms. The zero-order chi connectivity index (χ0) is 18.6. The van der Waals surface area contributed by atoms with Gasteiger partial charge in [0, 0.05) is 51.9 Å². The molecule has 26 heavy (non-hydrogen) atoms. The lowest BCUT2D eigenvalue weighted by molar-refractivity contribution is -0.142. The number of rotatable bonds is 5. The molecule has 0 bridgehead atoms. The molecule has 0 radical (unpaired) electrons. The molecule has 7 nitrogen and oxygen atoms in total. The smallest absolute Gasteiger partial charge is 0.354 e. The summed E-state index contributed by atoms with van der Waals surface area (Å²) in [5, 5.41) is 12.2. The number of guanidine groups is 1. The van der Waals surface area contributed by atoms with Gasteiger partial charge in [-0.1, -0.05) is 0 Å². The molecule has 0 aliphatic carbocycles. The quantitative estimate of drug-likeness (QED) is 0.373. The molecule has 0 aliphatic rings. The van der Waals surface area contributed by atoms with Crippen molar-refractivity contribution in [3.63, 3.8) is 0 Å². The largest absolute Gasteiger partial charge is 0.435 e. The van der Waals surface area contributed by atoms with Crippen LogP contribution in [0.2, 0.25) is 0 Å². The molecule has 0 saturated carbocycles. The second-order valence-electron chi connectivity index (χ2n) is 5.47. The summed E-state index contributed by atoms with van der Waals surface area (Å²) in [5.74, 6) is 0.386. The normalized spacial score (nSPS) is 11.9.